The van der Waals surface area contributed by atoms with Crippen LogP contribution in [0.1, 0.15) is 6.92 Å². The van der Waals surface area contributed by atoms with Crippen molar-refractivity contribution < 1.29 is 26.2 Å². The molecule has 0 saturated carbocycles. The first-order valence-electron chi connectivity index (χ1n) is 11.7. The number of anilines is 5. The minimum Gasteiger partial charge on any atom is -0.324 e. The maximum Gasteiger partial charge on any atom is 0.294 e. The second-order valence-electron chi connectivity index (χ2n) is 8.32. The van der Waals surface area contributed by atoms with Crippen LogP contribution in [0.4, 0.5) is 40.3 Å². The molecular formula is C25H21ClN8O6S2. The number of amides is 1. The highest BCUT2D eigenvalue weighted by Gasteiger charge is 2.13. The molecule has 0 aliphatic rings. The average molecular weight is 629 g/mol. The van der Waals surface area contributed by atoms with E-state index in [1.165, 1.54) is 61.5 Å². The smallest absolute Gasteiger partial charge is 0.294 e. The topological polar surface area (TPSA) is 205 Å². The standard InChI is InChI=1S/C25H21ClN8O6S2/c1-3-41(36,37)19-10-7-16(8-11-19)28-24-30-23(26)31-25(32-24)29-17-9-12-21(22(14-17)27-15(2)35)34-33-18-5-4-6-20(13-18)42(38,39)40/h3-14H,1H2,2H3,(H,27,35)(H,38,39,40)(H2,28,29,30,31,32). The van der Waals surface area contributed by atoms with Crippen LogP contribution in [-0.4, -0.2) is 42.2 Å². The lowest BCUT2D eigenvalue weighted by Gasteiger charge is -2.11. The molecule has 0 bridgehead atoms. The first-order chi connectivity index (χ1) is 19.8. The number of carbonyl (C=O) groups excluding carboxylic acids is 1. The summed E-state index contributed by atoms with van der Waals surface area (Å²) in [6.07, 6.45) is 0. The fourth-order valence-electron chi connectivity index (χ4n) is 3.35. The average Bonchev–Trinajstić information content (AvgIpc) is 2.92. The Bertz CT molecular complexity index is 1920. The third-order valence-corrected chi connectivity index (χ3v) is 7.61. The second kappa shape index (κ2) is 12.4. The van der Waals surface area contributed by atoms with Gasteiger partial charge in [0.15, 0.2) is 9.84 Å². The van der Waals surface area contributed by atoms with Gasteiger partial charge < -0.3 is 16.0 Å². The molecule has 216 valence electrons. The van der Waals surface area contributed by atoms with Gasteiger partial charge in [0, 0.05) is 23.7 Å². The van der Waals surface area contributed by atoms with E-state index in [1.807, 2.05) is 0 Å². The molecule has 0 atom stereocenters. The van der Waals surface area contributed by atoms with Crippen molar-refractivity contribution >= 4 is 77.8 Å². The Morgan fingerprint density at radius 2 is 1.52 bits per heavy atom. The molecule has 0 aliphatic heterocycles. The van der Waals surface area contributed by atoms with E-state index in [2.05, 4.69) is 47.7 Å². The van der Waals surface area contributed by atoms with Crippen molar-refractivity contribution in [3.05, 3.63) is 84.0 Å². The molecule has 14 nitrogen and oxygen atoms in total. The molecule has 3 aromatic carbocycles. The van der Waals surface area contributed by atoms with E-state index in [9.17, 15) is 26.2 Å². The molecular weight excluding hydrogens is 608 g/mol. The molecule has 4 N–H and O–H groups in total. The van der Waals surface area contributed by atoms with Crippen molar-refractivity contribution in [2.24, 2.45) is 10.2 Å². The molecule has 4 aromatic rings. The van der Waals surface area contributed by atoms with Gasteiger partial charge in [0.25, 0.3) is 10.1 Å². The number of benzene rings is 3. The number of aromatic nitrogens is 3. The van der Waals surface area contributed by atoms with E-state index in [-0.39, 0.29) is 44.0 Å². The van der Waals surface area contributed by atoms with Crippen LogP contribution in [0.25, 0.3) is 0 Å². The predicted octanol–water partition coefficient (Wildman–Crippen LogP) is 5.55. The van der Waals surface area contributed by atoms with E-state index >= 15 is 0 Å². The Hall–Kier alpha value is -4.77. The van der Waals surface area contributed by atoms with Crippen molar-refractivity contribution in [2.45, 2.75) is 16.7 Å². The van der Waals surface area contributed by atoms with Crippen molar-refractivity contribution in [1.29, 1.82) is 0 Å². The van der Waals surface area contributed by atoms with Crippen LogP contribution in [0.2, 0.25) is 5.28 Å². The zero-order valence-corrected chi connectivity index (χ0v) is 23.9. The van der Waals surface area contributed by atoms with Gasteiger partial charge in [-0.3, -0.25) is 9.35 Å². The minimum atomic E-state index is -4.42. The van der Waals surface area contributed by atoms with Crippen LogP contribution in [0.15, 0.2) is 98.7 Å². The lowest BCUT2D eigenvalue weighted by atomic mass is 10.2. The quantitative estimate of drug-likeness (QED) is 0.126. The molecule has 0 unspecified atom stereocenters. The number of hydrogen-bond donors (Lipinski definition) is 4. The van der Waals surface area contributed by atoms with Crippen LogP contribution in [-0.2, 0) is 24.7 Å². The summed E-state index contributed by atoms with van der Waals surface area (Å²) in [6.45, 7) is 4.61. The molecule has 17 heteroatoms. The summed E-state index contributed by atoms with van der Waals surface area (Å²) < 4.78 is 55.9. The number of halogens is 1. The number of hydrogen-bond acceptors (Lipinski definition) is 12. The van der Waals surface area contributed by atoms with Crippen LogP contribution in [0.5, 0.6) is 0 Å². The number of azo groups is 1. The monoisotopic (exact) mass is 628 g/mol. The highest BCUT2D eigenvalue weighted by molar-refractivity contribution is 7.94. The summed E-state index contributed by atoms with van der Waals surface area (Å²) in [5.74, 6) is -0.274. The molecule has 0 radical (unpaired) electrons. The van der Waals surface area contributed by atoms with Crippen molar-refractivity contribution in [1.82, 2.24) is 15.0 Å². The molecule has 1 amide bonds. The van der Waals surface area contributed by atoms with Crippen molar-refractivity contribution in [2.75, 3.05) is 16.0 Å². The van der Waals surface area contributed by atoms with E-state index < -0.39 is 25.9 Å². The predicted molar refractivity (Wildman–Crippen MR) is 156 cm³/mol. The molecule has 1 aromatic heterocycles. The van der Waals surface area contributed by atoms with Gasteiger partial charge in [0.05, 0.1) is 21.2 Å². The largest absolute Gasteiger partial charge is 0.324 e. The molecule has 0 aliphatic carbocycles. The Balaban J connectivity index is 1.56. The van der Waals surface area contributed by atoms with Crippen LogP contribution in [0.3, 0.4) is 0 Å². The van der Waals surface area contributed by atoms with Gasteiger partial charge in [-0.1, -0.05) is 12.6 Å². The van der Waals surface area contributed by atoms with Gasteiger partial charge >= 0.3 is 0 Å². The Kier molecular flexibility index (Phi) is 8.91. The third-order valence-electron chi connectivity index (χ3n) is 5.22. The van der Waals surface area contributed by atoms with Gasteiger partial charge in [-0.15, -0.1) is 5.11 Å². The van der Waals surface area contributed by atoms with Crippen molar-refractivity contribution in [3.8, 4) is 0 Å². The number of nitrogens with zero attached hydrogens (tertiary/aromatic N) is 5. The molecule has 4 rings (SSSR count). The molecule has 0 saturated heterocycles. The van der Waals surface area contributed by atoms with E-state index in [4.69, 9.17) is 11.6 Å². The molecule has 1 heterocycles. The van der Waals surface area contributed by atoms with Gasteiger partial charge in [-0.05, 0) is 72.3 Å². The summed E-state index contributed by atoms with van der Waals surface area (Å²) in [4.78, 5) is 23.9. The summed E-state index contributed by atoms with van der Waals surface area (Å²) in [7, 11) is -8.00. The number of sulfone groups is 1. The molecule has 0 fully saturated rings. The van der Waals surface area contributed by atoms with E-state index in [1.54, 1.807) is 6.07 Å². The van der Waals surface area contributed by atoms with Crippen LogP contribution >= 0.6 is 11.6 Å². The Labute approximate surface area is 245 Å². The van der Waals surface area contributed by atoms with E-state index in [0.29, 0.717) is 11.4 Å². The molecule has 42 heavy (non-hydrogen) atoms. The number of nitrogens with one attached hydrogen (secondary N) is 3. The minimum absolute atomic E-state index is 0.0496. The summed E-state index contributed by atoms with van der Waals surface area (Å²) in [5.41, 5.74) is 1.56. The van der Waals surface area contributed by atoms with Crippen LogP contribution < -0.4 is 16.0 Å². The maximum atomic E-state index is 11.9. The Morgan fingerprint density at radius 3 is 2.14 bits per heavy atom. The Morgan fingerprint density at radius 1 is 0.881 bits per heavy atom. The first-order valence-corrected chi connectivity index (χ1v) is 15.0. The van der Waals surface area contributed by atoms with Crippen LogP contribution in [0, 0.1) is 0 Å². The van der Waals surface area contributed by atoms with Gasteiger partial charge in [-0.2, -0.15) is 28.5 Å². The van der Waals surface area contributed by atoms with Crippen molar-refractivity contribution in [3.63, 3.8) is 0 Å². The number of carbonyl (C=O) groups is 1. The van der Waals surface area contributed by atoms with E-state index in [0.717, 1.165) is 11.5 Å². The highest BCUT2D eigenvalue weighted by atomic mass is 35.5. The zero-order valence-electron chi connectivity index (χ0n) is 21.6. The summed E-state index contributed by atoms with van der Waals surface area (Å²) in [5, 5.41) is 17.3. The highest BCUT2D eigenvalue weighted by Crippen LogP contribution is 2.32. The zero-order chi connectivity index (χ0) is 30.5. The number of rotatable bonds is 10. The fourth-order valence-corrected chi connectivity index (χ4v) is 4.74. The summed E-state index contributed by atoms with van der Waals surface area (Å²) in [6, 6.07) is 15.7. The lowest BCUT2D eigenvalue weighted by molar-refractivity contribution is -0.114. The SMILES string of the molecule is C=CS(=O)(=O)c1ccc(Nc2nc(Cl)nc(Nc3ccc(N=Nc4cccc(S(=O)(=O)O)c4)c(NC(C)=O)c3)n2)cc1. The first kappa shape index (κ1) is 30.2. The van der Waals surface area contributed by atoms with Gasteiger partial charge in [0.2, 0.25) is 23.1 Å². The molecule has 0 spiro atoms. The normalized spacial score (nSPS) is 11.7. The maximum absolute atomic E-state index is 11.9. The lowest BCUT2D eigenvalue weighted by Crippen LogP contribution is -2.07. The van der Waals surface area contributed by atoms with Gasteiger partial charge in [-0.25, -0.2) is 8.42 Å². The van der Waals surface area contributed by atoms with Gasteiger partial charge in [0.1, 0.15) is 5.69 Å². The summed E-state index contributed by atoms with van der Waals surface area (Å²) >= 11 is 6.08. The third kappa shape index (κ3) is 7.91. The fraction of sp³-hybridized carbons (Fsp3) is 0.0400. The second-order valence-corrected chi connectivity index (χ2v) is 12.0.